The molecule has 2 aromatic rings. The second-order valence-corrected chi connectivity index (χ2v) is 5.90. The molecule has 0 atom stereocenters. The van der Waals surface area contributed by atoms with Crippen LogP contribution in [0.5, 0.6) is 11.5 Å². The highest BCUT2D eigenvalue weighted by Crippen LogP contribution is 2.40. The predicted molar refractivity (Wildman–Crippen MR) is 85.7 cm³/mol. The summed E-state index contributed by atoms with van der Waals surface area (Å²) in [5.74, 6) is 2.36. The minimum atomic E-state index is 0.564. The maximum atomic E-state index is 6.11. The van der Waals surface area contributed by atoms with Crippen LogP contribution in [0.2, 0.25) is 0 Å². The van der Waals surface area contributed by atoms with E-state index in [4.69, 9.17) is 9.73 Å². The Hall–Kier alpha value is -2.09. The number of benzene rings is 2. The average molecular weight is 277 g/mol. The van der Waals surface area contributed by atoms with Crippen LogP contribution in [0.4, 0.5) is 5.69 Å². The first-order valence-electron chi connectivity index (χ1n) is 7.87. The fraction of sp³-hybridized carbons (Fsp3) is 0.316. The highest BCUT2D eigenvalue weighted by molar-refractivity contribution is 6.06. The first-order valence-corrected chi connectivity index (χ1v) is 7.87. The molecule has 0 aromatic heterocycles. The highest BCUT2D eigenvalue weighted by Gasteiger charge is 2.25. The van der Waals surface area contributed by atoms with Gasteiger partial charge in [-0.25, -0.2) is 4.99 Å². The van der Waals surface area contributed by atoms with Crippen LogP contribution < -0.4 is 4.74 Å². The third kappa shape index (κ3) is 2.35. The van der Waals surface area contributed by atoms with E-state index >= 15 is 0 Å². The summed E-state index contributed by atoms with van der Waals surface area (Å²) in [5.41, 5.74) is 3.34. The lowest BCUT2D eigenvalue weighted by atomic mass is 9.83. The Bertz CT molecular complexity index is 683. The van der Waals surface area contributed by atoms with E-state index in [1.54, 1.807) is 0 Å². The number of hydrogen-bond donors (Lipinski definition) is 0. The zero-order valence-electron chi connectivity index (χ0n) is 12.1. The van der Waals surface area contributed by atoms with Crippen molar-refractivity contribution in [1.29, 1.82) is 0 Å². The van der Waals surface area contributed by atoms with E-state index < -0.39 is 0 Å². The van der Waals surface area contributed by atoms with Gasteiger partial charge in [-0.3, -0.25) is 0 Å². The van der Waals surface area contributed by atoms with Crippen LogP contribution in [0.3, 0.4) is 0 Å². The molecule has 0 saturated heterocycles. The van der Waals surface area contributed by atoms with Crippen molar-refractivity contribution in [3.63, 3.8) is 0 Å². The molecule has 0 radical (unpaired) electrons. The number of nitrogens with zero attached hydrogens (tertiary/aromatic N) is 1. The van der Waals surface area contributed by atoms with E-state index in [0.29, 0.717) is 5.92 Å². The van der Waals surface area contributed by atoms with Gasteiger partial charge in [0.1, 0.15) is 11.4 Å². The van der Waals surface area contributed by atoms with Crippen molar-refractivity contribution < 1.29 is 4.74 Å². The number of hydrogen-bond acceptors (Lipinski definition) is 2. The number of para-hydroxylation sites is 3. The summed E-state index contributed by atoms with van der Waals surface area (Å²) in [6, 6.07) is 16.4. The zero-order valence-corrected chi connectivity index (χ0v) is 12.1. The Morgan fingerprint density at radius 1 is 0.810 bits per heavy atom. The maximum absolute atomic E-state index is 6.11. The molecule has 1 fully saturated rings. The fourth-order valence-corrected chi connectivity index (χ4v) is 3.40. The van der Waals surface area contributed by atoms with Crippen LogP contribution in [-0.2, 0) is 0 Å². The highest BCUT2D eigenvalue weighted by atomic mass is 16.5. The molecule has 1 aliphatic heterocycles. The molecule has 106 valence electrons. The molecule has 2 aromatic carbocycles. The lowest BCUT2D eigenvalue weighted by Crippen LogP contribution is -2.18. The molecule has 0 amide bonds. The van der Waals surface area contributed by atoms with Crippen molar-refractivity contribution in [1.82, 2.24) is 0 Å². The van der Waals surface area contributed by atoms with Crippen molar-refractivity contribution in [2.24, 2.45) is 10.9 Å². The third-order valence-corrected chi connectivity index (χ3v) is 4.48. The van der Waals surface area contributed by atoms with Crippen LogP contribution in [-0.4, -0.2) is 5.71 Å². The van der Waals surface area contributed by atoms with E-state index in [1.165, 1.54) is 43.4 Å². The molecular formula is C19H19NO. The van der Waals surface area contributed by atoms with Crippen LogP contribution in [0.15, 0.2) is 53.5 Å². The Morgan fingerprint density at radius 2 is 1.52 bits per heavy atom. The van der Waals surface area contributed by atoms with Gasteiger partial charge in [-0.05, 0) is 37.1 Å². The predicted octanol–water partition coefficient (Wildman–Crippen LogP) is 5.49. The van der Waals surface area contributed by atoms with Crippen molar-refractivity contribution in [2.75, 3.05) is 0 Å². The minimum Gasteiger partial charge on any atom is -0.454 e. The molecule has 2 nitrogen and oxygen atoms in total. The quantitative estimate of drug-likeness (QED) is 0.675. The lowest BCUT2D eigenvalue weighted by Gasteiger charge is -2.23. The normalized spacial score (nSPS) is 18.0. The summed E-state index contributed by atoms with van der Waals surface area (Å²) in [5, 5.41) is 0. The summed E-state index contributed by atoms with van der Waals surface area (Å²) in [7, 11) is 0. The minimum absolute atomic E-state index is 0.564. The van der Waals surface area contributed by atoms with Crippen LogP contribution in [0.25, 0.3) is 0 Å². The van der Waals surface area contributed by atoms with Gasteiger partial charge in [-0.2, -0.15) is 0 Å². The van der Waals surface area contributed by atoms with E-state index in [9.17, 15) is 0 Å². The van der Waals surface area contributed by atoms with E-state index in [0.717, 1.165) is 17.2 Å². The monoisotopic (exact) mass is 277 g/mol. The molecule has 0 bridgehead atoms. The second kappa shape index (κ2) is 5.36. The maximum Gasteiger partial charge on any atom is 0.153 e. The van der Waals surface area contributed by atoms with Gasteiger partial charge in [0.05, 0.1) is 5.71 Å². The standard InChI is InChI=1S/C19H19NO/c1-2-8-14(9-3-1)19-15-10-4-6-12-17(15)21-18-13-7-5-11-16(18)20-19/h4-7,10-14H,1-3,8-9H2. The largest absolute Gasteiger partial charge is 0.454 e. The number of rotatable bonds is 1. The first kappa shape index (κ1) is 12.6. The van der Waals surface area contributed by atoms with Crippen molar-refractivity contribution in [2.45, 2.75) is 32.1 Å². The van der Waals surface area contributed by atoms with Gasteiger partial charge in [0, 0.05) is 11.5 Å². The molecule has 1 saturated carbocycles. The van der Waals surface area contributed by atoms with Gasteiger partial charge >= 0.3 is 0 Å². The average Bonchev–Trinajstić information content (AvgIpc) is 2.72. The van der Waals surface area contributed by atoms with Crippen LogP contribution in [0.1, 0.15) is 37.7 Å². The molecule has 0 spiro atoms. The molecule has 21 heavy (non-hydrogen) atoms. The van der Waals surface area contributed by atoms with Gasteiger partial charge in [-0.15, -0.1) is 0 Å². The Balaban J connectivity index is 1.87. The SMILES string of the molecule is c1ccc2c(c1)N=C(C1CCCCC1)c1ccccc1O2. The Morgan fingerprint density at radius 3 is 2.38 bits per heavy atom. The van der Waals surface area contributed by atoms with Crippen LogP contribution >= 0.6 is 0 Å². The van der Waals surface area contributed by atoms with Gasteiger partial charge in [0.2, 0.25) is 0 Å². The Kier molecular flexibility index (Phi) is 3.23. The molecule has 2 aliphatic rings. The van der Waals surface area contributed by atoms with E-state index in [2.05, 4.69) is 18.2 Å². The first-order chi connectivity index (χ1) is 10.4. The van der Waals surface area contributed by atoms with Gasteiger partial charge in [0.25, 0.3) is 0 Å². The topological polar surface area (TPSA) is 21.6 Å². The summed E-state index contributed by atoms with van der Waals surface area (Å²) in [6.07, 6.45) is 6.48. The lowest BCUT2D eigenvalue weighted by molar-refractivity contribution is 0.439. The van der Waals surface area contributed by atoms with Crippen LogP contribution in [0, 0.1) is 5.92 Å². The van der Waals surface area contributed by atoms with Gasteiger partial charge in [0.15, 0.2) is 5.75 Å². The number of aliphatic imine (C=N–C) groups is 1. The van der Waals surface area contributed by atoms with Crippen molar-refractivity contribution >= 4 is 11.4 Å². The molecule has 4 rings (SSSR count). The summed E-state index contributed by atoms with van der Waals surface area (Å²) >= 11 is 0. The summed E-state index contributed by atoms with van der Waals surface area (Å²) < 4.78 is 6.11. The van der Waals surface area contributed by atoms with Gasteiger partial charge in [-0.1, -0.05) is 43.5 Å². The smallest absolute Gasteiger partial charge is 0.153 e. The molecule has 2 heteroatoms. The van der Waals surface area contributed by atoms with E-state index in [-0.39, 0.29) is 0 Å². The molecule has 0 unspecified atom stereocenters. The Labute approximate surface area is 125 Å². The van der Waals surface area contributed by atoms with Gasteiger partial charge < -0.3 is 4.74 Å². The summed E-state index contributed by atoms with van der Waals surface area (Å²) in [4.78, 5) is 5.00. The van der Waals surface area contributed by atoms with E-state index in [1.807, 2.05) is 30.3 Å². The van der Waals surface area contributed by atoms with Crippen molar-refractivity contribution in [3.05, 3.63) is 54.1 Å². The zero-order chi connectivity index (χ0) is 14.1. The fourth-order valence-electron chi connectivity index (χ4n) is 3.40. The molecule has 0 N–H and O–H groups in total. The molecule has 1 aliphatic carbocycles. The molecule has 1 heterocycles. The third-order valence-electron chi connectivity index (χ3n) is 4.48. The second-order valence-electron chi connectivity index (χ2n) is 5.90. The number of fused-ring (bicyclic) bond motifs is 2. The summed E-state index contributed by atoms with van der Waals surface area (Å²) in [6.45, 7) is 0. The molecular weight excluding hydrogens is 258 g/mol. The van der Waals surface area contributed by atoms with Crippen molar-refractivity contribution in [3.8, 4) is 11.5 Å². The number of ether oxygens (including phenoxy) is 1.